The normalized spacial score (nSPS) is 12.2. The molecule has 1 aromatic heterocycles. The lowest BCUT2D eigenvalue weighted by molar-refractivity contribution is 0.194. The third-order valence-corrected chi connectivity index (χ3v) is 2.39. The van der Waals surface area contributed by atoms with Gasteiger partial charge in [0.15, 0.2) is 5.58 Å². The van der Waals surface area contributed by atoms with Gasteiger partial charge in [0.05, 0.1) is 12.0 Å². The third kappa shape index (κ3) is 1.68. The van der Waals surface area contributed by atoms with Crippen LogP contribution in [0.25, 0.3) is 11.1 Å². The Labute approximate surface area is 87.7 Å². The number of hydrogen-bond acceptors (Lipinski definition) is 4. The quantitative estimate of drug-likeness (QED) is 0.733. The van der Waals surface area contributed by atoms with Gasteiger partial charge in [0.1, 0.15) is 5.52 Å². The SMILES string of the molecule is CC(C)(CO)c1nc2cc(N)ccc2o1. The van der Waals surface area contributed by atoms with Crippen molar-refractivity contribution < 1.29 is 9.52 Å². The Bertz CT molecular complexity index is 488. The van der Waals surface area contributed by atoms with Crippen LogP contribution >= 0.6 is 0 Å². The second-order valence-corrected chi connectivity index (χ2v) is 4.29. The van der Waals surface area contributed by atoms with E-state index in [9.17, 15) is 5.11 Å². The number of rotatable bonds is 2. The van der Waals surface area contributed by atoms with Crippen molar-refractivity contribution in [1.29, 1.82) is 0 Å². The number of aliphatic hydroxyl groups is 1. The van der Waals surface area contributed by atoms with Gasteiger partial charge in [0.25, 0.3) is 0 Å². The van der Waals surface area contributed by atoms with Gasteiger partial charge >= 0.3 is 0 Å². The van der Waals surface area contributed by atoms with E-state index >= 15 is 0 Å². The molecule has 0 atom stereocenters. The fourth-order valence-electron chi connectivity index (χ4n) is 1.30. The predicted molar refractivity (Wildman–Crippen MR) is 58.5 cm³/mol. The fourth-order valence-corrected chi connectivity index (χ4v) is 1.30. The van der Waals surface area contributed by atoms with Gasteiger partial charge < -0.3 is 15.3 Å². The summed E-state index contributed by atoms with van der Waals surface area (Å²) in [6.07, 6.45) is 0. The van der Waals surface area contributed by atoms with Crippen LogP contribution in [0.5, 0.6) is 0 Å². The van der Waals surface area contributed by atoms with E-state index in [2.05, 4.69) is 4.98 Å². The molecule has 80 valence electrons. The number of nitrogens with two attached hydrogens (primary N) is 1. The summed E-state index contributed by atoms with van der Waals surface area (Å²) in [5, 5.41) is 9.20. The zero-order valence-corrected chi connectivity index (χ0v) is 8.82. The fraction of sp³-hybridized carbons (Fsp3) is 0.364. The highest BCUT2D eigenvalue weighted by atomic mass is 16.4. The molecular formula is C11H14N2O2. The lowest BCUT2D eigenvalue weighted by Gasteiger charge is -2.15. The van der Waals surface area contributed by atoms with Crippen LogP contribution in [0.1, 0.15) is 19.7 Å². The van der Waals surface area contributed by atoms with Crippen LogP contribution in [0.4, 0.5) is 5.69 Å². The molecule has 15 heavy (non-hydrogen) atoms. The van der Waals surface area contributed by atoms with E-state index in [4.69, 9.17) is 10.2 Å². The van der Waals surface area contributed by atoms with Gasteiger partial charge in [0, 0.05) is 5.69 Å². The van der Waals surface area contributed by atoms with Crippen LogP contribution < -0.4 is 5.73 Å². The van der Waals surface area contributed by atoms with Crippen LogP contribution in [0.3, 0.4) is 0 Å². The first-order chi connectivity index (χ1) is 7.03. The molecule has 0 fully saturated rings. The van der Waals surface area contributed by atoms with E-state index in [1.807, 2.05) is 13.8 Å². The highest BCUT2D eigenvalue weighted by molar-refractivity contribution is 5.76. The van der Waals surface area contributed by atoms with Crippen molar-refractivity contribution in [3.05, 3.63) is 24.1 Å². The van der Waals surface area contributed by atoms with Gasteiger partial charge in [-0.1, -0.05) is 0 Å². The number of hydrogen-bond donors (Lipinski definition) is 2. The minimum absolute atomic E-state index is 0.00466. The zero-order chi connectivity index (χ0) is 11.1. The number of fused-ring (bicyclic) bond motifs is 1. The number of nitrogen functional groups attached to an aromatic ring is 1. The molecule has 1 aromatic carbocycles. The Kier molecular flexibility index (Phi) is 2.16. The first kappa shape index (κ1) is 9.98. The topological polar surface area (TPSA) is 72.3 Å². The number of aliphatic hydroxyl groups excluding tert-OH is 1. The number of anilines is 1. The molecule has 0 aliphatic rings. The molecule has 4 heteroatoms. The van der Waals surface area contributed by atoms with E-state index in [1.165, 1.54) is 0 Å². The number of aromatic nitrogens is 1. The van der Waals surface area contributed by atoms with Crippen molar-refractivity contribution in [2.24, 2.45) is 0 Å². The van der Waals surface area contributed by atoms with Crippen molar-refractivity contribution in [1.82, 2.24) is 4.98 Å². The molecule has 0 saturated heterocycles. The molecule has 0 unspecified atom stereocenters. The van der Waals surface area contributed by atoms with Crippen LogP contribution in [0.2, 0.25) is 0 Å². The van der Waals surface area contributed by atoms with Gasteiger partial charge in [-0.05, 0) is 32.0 Å². The summed E-state index contributed by atoms with van der Waals surface area (Å²) in [4.78, 5) is 4.31. The number of benzene rings is 1. The Morgan fingerprint density at radius 2 is 2.20 bits per heavy atom. The molecular weight excluding hydrogens is 192 g/mol. The molecule has 2 aromatic rings. The zero-order valence-electron chi connectivity index (χ0n) is 8.82. The minimum atomic E-state index is -0.465. The molecule has 0 aliphatic heterocycles. The first-order valence-corrected chi connectivity index (χ1v) is 4.80. The smallest absolute Gasteiger partial charge is 0.203 e. The summed E-state index contributed by atoms with van der Waals surface area (Å²) >= 11 is 0. The lowest BCUT2D eigenvalue weighted by Crippen LogP contribution is -2.22. The second-order valence-electron chi connectivity index (χ2n) is 4.29. The molecule has 0 saturated carbocycles. The number of nitrogens with zero attached hydrogens (tertiary/aromatic N) is 1. The predicted octanol–water partition coefficient (Wildman–Crippen LogP) is 1.68. The molecule has 0 bridgehead atoms. The van der Waals surface area contributed by atoms with E-state index in [0.717, 1.165) is 5.52 Å². The van der Waals surface area contributed by atoms with Crippen molar-refractivity contribution in [2.45, 2.75) is 19.3 Å². The van der Waals surface area contributed by atoms with Crippen molar-refractivity contribution in [3.63, 3.8) is 0 Å². The van der Waals surface area contributed by atoms with Crippen LogP contribution in [0, 0.1) is 0 Å². The van der Waals surface area contributed by atoms with Crippen LogP contribution in [-0.2, 0) is 5.41 Å². The monoisotopic (exact) mass is 206 g/mol. The number of oxazole rings is 1. The van der Waals surface area contributed by atoms with Crippen LogP contribution in [-0.4, -0.2) is 16.7 Å². The Morgan fingerprint density at radius 1 is 1.47 bits per heavy atom. The summed E-state index contributed by atoms with van der Waals surface area (Å²) < 4.78 is 5.55. The van der Waals surface area contributed by atoms with E-state index in [0.29, 0.717) is 17.2 Å². The van der Waals surface area contributed by atoms with E-state index < -0.39 is 5.41 Å². The molecule has 1 heterocycles. The van der Waals surface area contributed by atoms with Gasteiger partial charge in [-0.2, -0.15) is 0 Å². The maximum atomic E-state index is 9.20. The van der Waals surface area contributed by atoms with Gasteiger partial charge in [-0.25, -0.2) is 4.98 Å². The standard InChI is InChI=1S/C11H14N2O2/c1-11(2,6-14)10-13-8-5-7(12)3-4-9(8)15-10/h3-5,14H,6,12H2,1-2H3. The third-order valence-electron chi connectivity index (χ3n) is 2.39. The molecule has 4 nitrogen and oxygen atoms in total. The average molecular weight is 206 g/mol. The van der Waals surface area contributed by atoms with Gasteiger partial charge in [-0.3, -0.25) is 0 Å². The summed E-state index contributed by atoms with van der Waals surface area (Å²) in [5.41, 5.74) is 7.26. The molecule has 0 spiro atoms. The second kappa shape index (κ2) is 3.24. The van der Waals surface area contributed by atoms with E-state index in [-0.39, 0.29) is 6.61 Å². The maximum Gasteiger partial charge on any atom is 0.203 e. The lowest BCUT2D eigenvalue weighted by atomic mass is 9.95. The summed E-state index contributed by atoms with van der Waals surface area (Å²) in [6.45, 7) is 3.75. The Morgan fingerprint density at radius 3 is 2.87 bits per heavy atom. The maximum absolute atomic E-state index is 9.20. The largest absolute Gasteiger partial charge is 0.440 e. The Hall–Kier alpha value is -1.55. The van der Waals surface area contributed by atoms with Gasteiger partial charge in [0.2, 0.25) is 5.89 Å². The van der Waals surface area contributed by atoms with Crippen molar-refractivity contribution in [2.75, 3.05) is 12.3 Å². The van der Waals surface area contributed by atoms with Gasteiger partial charge in [-0.15, -0.1) is 0 Å². The molecule has 3 N–H and O–H groups in total. The molecule has 0 radical (unpaired) electrons. The van der Waals surface area contributed by atoms with Crippen molar-refractivity contribution >= 4 is 16.8 Å². The Balaban J connectivity index is 2.56. The van der Waals surface area contributed by atoms with E-state index in [1.54, 1.807) is 18.2 Å². The highest BCUT2D eigenvalue weighted by Crippen LogP contribution is 2.26. The summed E-state index contributed by atoms with van der Waals surface area (Å²) in [6, 6.07) is 5.31. The average Bonchev–Trinajstić information content (AvgIpc) is 2.61. The first-order valence-electron chi connectivity index (χ1n) is 4.80. The molecule has 2 rings (SSSR count). The molecule has 0 amide bonds. The van der Waals surface area contributed by atoms with Crippen LogP contribution in [0.15, 0.2) is 22.6 Å². The molecule has 0 aliphatic carbocycles. The summed E-state index contributed by atoms with van der Waals surface area (Å²) in [5.74, 6) is 0.533. The highest BCUT2D eigenvalue weighted by Gasteiger charge is 2.25. The minimum Gasteiger partial charge on any atom is -0.440 e. The summed E-state index contributed by atoms with van der Waals surface area (Å²) in [7, 11) is 0. The van der Waals surface area contributed by atoms with Crippen molar-refractivity contribution in [3.8, 4) is 0 Å².